The Morgan fingerprint density at radius 3 is 2.69 bits per heavy atom. The van der Waals surface area contributed by atoms with Crippen LogP contribution in [0.1, 0.15) is 10.9 Å². The molecule has 1 fully saturated rings. The Kier molecular flexibility index (Phi) is 6.06. The summed E-state index contributed by atoms with van der Waals surface area (Å²) < 4.78 is 10.5. The number of benzene rings is 2. The molecule has 2 amide bonds. The highest BCUT2D eigenvalue weighted by molar-refractivity contribution is 7.99. The first-order valence-electron chi connectivity index (χ1n) is 7.89. The molecular weight excluding hydrogens is 395 g/mol. The fourth-order valence-electron chi connectivity index (χ4n) is 2.73. The maximum atomic E-state index is 12.8. The largest absolute Gasteiger partial charge is 0.497 e. The topological polar surface area (TPSA) is 50.8 Å². The molecule has 0 aromatic heterocycles. The number of hydrogen-bond acceptors (Lipinski definition) is 4. The van der Waals surface area contributed by atoms with E-state index < -0.39 is 0 Å². The van der Waals surface area contributed by atoms with E-state index in [0.29, 0.717) is 33.8 Å². The van der Waals surface area contributed by atoms with Gasteiger partial charge in [0, 0.05) is 34.0 Å². The average Bonchev–Trinajstić information content (AvgIpc) is 3.11. The minimum atomic E-state index is -0.213. The Bertz CT molecular complexity index is 819. The van der Waals surface area contributed by atoms with Gasteiger partial charge in [-0.1, -0.05) is 29.3 Å². The summed E-state index contributed by atoms with van der Waals surface area (Å²) >= 11 is 14.0. The van der Waals surface area contributed by atoms with Gasteiger partial charge in [0.2, 0.25) is 0 Å². The molecule has 0 saturated carbocycles. The molecule has 0 bridgehead atoms. The number of amides is 2. The summed E-state index contributed by atoms with van der Waals surface area (Å²) in [4.78, 5) is 14.6. The molecule has 5 nitrogen and oxygen atoms in total. The second kappa shape index (κ2) is 8.29. The molecule has 0 aliphatic carbocycles. The molecule has 0 spiro atoms. The Labute approximate surface area is 166 Å². The van der Waals surface area contributed by atoms with Gasteiger partial charge in [-0.05, 0) is 24.3 Å². The second-order valence-corrected chi connectivity index (χ2v) is 7.61. The third-order valence-corrected chi connectivity index (χ3v) is 5.84. The lowest BCUT2D eigenvalue weighted by Gasteiger charge is -2.25. The van der Waals surface area contributed by atoms with E-state index in [1.165, 1.54) is 0 Å². The number of nitrogens with one attached hydrogen (secondary N) is 1. The maximum absolute atomic E-state index is 12.8. The van der Waals surface area contributed by atoms with Gasteiger partial charge in [0.25, 0.3) is 0 Å². The first-order chi connectivity index (χ1) is 12.5. The fourth-order valence-corrected chi connectivity index (χ4v) is 4.59. The predicted octanol–water partition coefficient (Wildman–Crippen LogP) is 5.29. The monoisotopic (exact) mass is 412 g/mol. The van der Waals surface area contributed by atoms with E-state index in [1.807, 2.05) is 6.07 Å². The number of rotatable bonds is 4. The summed E-state index contributed by atoms with van der Waals surface area (Å²) in [6, 6.07) is 10.4. The number of urea groups is 1. The van der Waals surface area contributed by atoms with Gasteiger partial charge in [0.05, 0.1) is 19.9 Å². The minimum Gasteiger partial charge on any atom is -0.497 e. The molecule has 1 aliphatic rings. The molecule has 2 aromatic rings. The smallest absolute Gasteiger partial charge is 0.323 e. The molecule has 0 radical (unpaired) electrons. The van der Waals surface area contributed by atoms with Crippen molar-refractivity contribution >= 4 is 46.7 Å². The molecule has 138 valence electrons. The molecule has 1 atom stereocenters. The van der Waals surface area contributed by atoms with E-state index in [4.69, 9.17) is 32.7 Å². The van der Waals surface area contributed by atoms with E-state index in [1.54, 1.807) is 61.2 Å². The van der Waals surface area contributed by atoms with Gasteiger partial charge in [-0.2, -0.15) is 0 Å². The van der Waals surface area contributed by atoms with Crippen molar-refractivity contribution < 1.29 is 14.3 Å². The normalized spacial score (nSPS) is 16.5. The summed E-state index contributed by atoms with van der Waals surface area (Å²) in [5.74, 6) is 2.02. The van der Waals surface area contributed by atoms with Crippen LogP contribution in [0.15, 0.2) is 36.4 Å². The highest BCUT2D eigenvalue weighted by Gasteiger charge is 2.32. The zero-order chi connectivity index (χ0) is 18.7. The Hall–Kier alpha value is -1.76. The number of carbonyl (C=O) groups excluding carboxylic acids is 1. The Balaban J connectivity index is 1.81. The number of nitrogens with zero attached hydrogens (tertiary/aromatic N) is 1. The number of methoxy groups -OCH3 is 2. The van der Waals surface area contributed by atoms with E-state index in [9.17, 15) is 4.79 Å². The first kappa shape index (κ1) is 19.0. The van der Waals surface area contributed by atoms with Crippen LogP contribution >= 0.6 is 35.0 Å². The van der Waals surface area contributed by atoms with Crippen LogP contribution in [-0.2, 0) is 0 Å². The third kappa shape index (κ3) is 3.98. The first-order valence-corrected chi connectivity index (χ1v) is 9.70. The van der Waals surface area contributed by atoms with E-state index in [0.717, 1.165) is 11.3 Å². The molecule has 3 rings (SSSR count). The van der Waals surface area contributed by atoms with E-state index in [-0.39, 0.29) is 11.4 Å². The highest BCUT2D eigenvalue weighted by Crippen LogP contribution is 2.42. The molecule has 1 heterocycles. The zero-order valence-electron chi connectivity index (χ0n) is 14.3. The van der Waals surface area contributed by atoms with Gasteiger partial charge in [-0.15, -0.1) is 11.8 Å². The molecule has 0 unspecified atom stereocenters. The van der Waals surface area contributed by atoms with E-state index in [2.05, 4.69) is 5.32 Å². The maximum Gasteiger partial charge on any atom is 0.323 e. The number of halogens is 2. The number of carbonyl (C=O) groups is 1. The van der Waals surface area contributed by atoms with Crippen LogP contribution < -0.4 is 14.8 Å². The summed E-state index contributed by atoms with van der Waals surface area (Å²) in [5.41, 5.74) is 1.45. The van der Waals surface area contributed by atoms with Crippen LogP contribution in [0, 0.1) is 0 Å². The van der Waals surface area contributed by atoms with Gasteiger partial charge in [0.1, 0.15) is 16.9 Å². The van der Waals surface area contributed by atoms with Gasteiger partial charge in [0.15, 0.2) is 0 Å². The van der Waals surface area contributed by atoms with Crippen molar-refractivity contribution in [3.05, 3.63) is 52.0 Å². The number of anilines is 1. The summed E-state index contributed by atoms with van der Waals surface area (Å²) in [7, 11) is 3.13. The highest BCUT2D eigenvalue weighted by atomic mass is 35.5. The summed E-state index contributed by atoms with van der Waals surface area (Å²) in [5, 5.41) is 3.87. The molecule has 1 aliphatic heterocycles. The summed E-state index contributed by atoms with van der Waals surface area (Å²) in [6.45, 7) is 0.624. The quantitative estimate of drug-likeness (QED) is 0.740. The van der Waals surface area contributed by atoms with Crippen LogP contribution in [-0.4, -0.2) is 37.4 Å². The number of thioether (sulfide) groups is 1. The Morgan fingerprint density at radius 1 is 1.19 bits per heavy atom. The number of ether oxygens (including phenoxy) is 2. The second-order valence-electron chi connectivity index (χ2n) is 5.58. The van der Waals surface area contributed by atoms with Gasteiger partial charge < -0.3 is 19.7 Å². The molecule has 26 heavy (non-hydrogen) atoms. The standard InChI is InChI=1S/C18H18Cl2N2O3S/c1-24-12-4-6-15(16(10-12)25-2)21-18(23)22-7-8-26-17(22)13-5-3-11(19)9-14(13)20/h3-6,9-10,17H,7-8H2,1-2H3,(H,21,23)/t17-/m1/s1. The van der Waals surface area contributed by atoms with Crippen molar-refractivity contribution in [1.29, 1.82) is 0 Å². The van der Waals surface area contributed by atoms with Gasteiger partial charge >= 0.3 is 6.03 Å². The lowest BCUT2D eigenvalue weighted by Crippen LogP contribution is -2.34. The van der Waals surface area contributed by atoms with Gasteiger partial charge in [-0.25, -0.2) is 4.79 Å². The Morgan fingerprint density at radius 2 is 2.00 bits per heavy atom. The SMILES string of the molecule is COc1ccc(NC(=O)N2CCS[C@@H]2c2ccc(Cl)cc2Cl)c(OC)c1. The van der Waals surface area contributed by atoms with Crippen LogP contribution in [0.3, 0.4) is 0 Å². The van der Waals surface area contributed by atoms with Crippen molar-refractivity contribution in [3.63, 3.8) is 0 Å². The molecule has 1 N–H and O–H groups in total. The van der Waals surface area contributed by atoms with Crippen LogP contribution in [0.2, 0.25) is 10.0 Å². The van der Waals surface area contributed by atoms with Crippen molar-refractivity contribution in [2.24, 2.45) is 0 Å². The van der Waals surface area contributed by atoms with Crippen molar-refractivity contribution in [3.8, 4) is 11.5 Å². The van der Waals surface area contributed by atoms with Crippen LogP contribution in [0.5, 0.6) is 11.5 Å². The van der Waals surface area contributed by atoms with E-state index >= 15 is 0 Å². The molecular formula is C18H18Cl2N2O3S. The lowest BCUT2D eigenvalue weighted by atomic mass is 10.2. The van der Waals surface area contributed by atoms with Crippen LogP contribution in [0.25, 0.3) is 0 Å². The predicted molar refractivity (Wildman–Crippen MR) is 107 cm³/mol. The minimum absolute atomic E-state index is 0.163. The lowest BCUT2D eigenvalue weighted by molar-refractivity contribution is 0.214. The van der Waals surface area contributed by atoms with Crippen molar-refractivity contribution in [2.75, 3.05) is 31.8 Å². The molecule has 2 aromatic carbocycles. The summed E-state index contributed by atoms with van der Waals surface area (Å²) in [6.07, 6.45) is 0. The van der Waals surface area contributed by atoms with Crippen molar-refractivity contribution in [1.82, 2.24) is 4.90 Å². The van der Waals surface area contributed by atoms with Crippen LogP contribution in [0.4, 0.5) is 10.5 Å². The van der Waals surface area contributed by atoms with Crippen molar-refractivity contribution in [2.45, 2.75) is 5.37 Å². The zero-order valence-corrected chi connectivity index (χ0v) is 16.6. The number of hydrogen-bond donors (Lipinski definition) is 1. The molecule has 8 heteroatoms. The molecule has 1 saturated heterocycles. The third-order valence-electron chi connectivity index (χ3n) is 4.03. The average molecular weight is 413 g/mol. The fraction of sp³-hybridized carbons (Fsp3) is 0.278. The van der Waals surface area contributed by atoms with Gasteiger partial charge in [-0.3, -0.25) is 0 Å².